The fourth-order valence-electron chi connectivity index (χ4n) is 2.99. The minimum absolute atomic E-state index is 0.0128. The number of benzene rings is 1. The van der Waals surface area contributed by atoms with Crippen molar-refractivity contribution in [3.63, 3.8) is 0 Å². The second-order valence-corrected chi connectivity index (χ2v) is 7.08. The van der Waals surface area contributed by atoms with Crippen molar-refractivity contribution >= 4 is 23.7 Å². The Morgan fingerprint density at radius 2 is 2.12 bits per heavy atom. The maximum absolute atomic E-state index is 12.6. The van der Waals surface area contributed by atoms with E-state index in [0.717, 1.165) is 11.3 Å². The number of urea groups is 1. The SMILES string of the molecule is O=C1N[C@@]2(CCSC2)C(=O)N1Cc1nc(Cc2ccccc2)no1. The van der Waals surface area contributed by atoms with Crippen molar-refractivity contribution in [2.24, 2.45) is 0 Å². The van der Waals surface area contributed by atoms with Crippen LogP contribution in [-0.2, 0) is 17.8 Å². The molecule has 4 rings (SSSR count). The number of imide groups is 1. The van der Waals surface area contributed by atoms with Gasteiger partial charge in [0.2, 0.25) is 5.89 Å². The van der Waals surface area contributed by atoms with E-state index in [9.17, 15) is 9.59 Å². The molecule has 24 heavy (non-hydrogen) atoms. The third-order valence-electron chi connectivity index (χ3n) is 4.28. The number of nitrogens with one attached hydrogen (secondary N) is 1. The average Bonchev–Trinajstić information content (AvgIpc) is 3.27. The number of aromatic nitrogens is 2. The van der Waals surface area contributed by atoms with Crippen LogP contribution in [0, 0.1) is 0 Å². The molecule has 1 aromatic heterocycles. The van der Waals surface area contributed by atoms with Gasteiger partial charge in [-0.1, -0.05) is 35.5 Å². The highest BCUT2D eigenvalue weighted by molar-refractivity contribution is 7.99. The summed E-state index contributed by atoms with van der Waals surface area (Å²) in [6.07, 6.45) is 1.22. The zero-order valence-electron chi connectivity index (χ0n) is 12.9. The lowest BCUT2D eigenvalue weighted by Gasteiger charge is -2.18. The molecule has 0 aliphatic carbocycles. The van der Waals surface area contributed by atoms with Gasteiger partial charge in [-0.25, -0.2) is 4.79 Å². The van der Waals surface area contributed by atoms with Crippen LogP contribution in [0.1, 0.15) is 23.7 Å². The van der Waals surface area contributed by atoms with E-state index in [0.29, 0.717) is 24.4 Å². The molecule has 2 aliphatic heterocycles. The number of nitrogens with zero attached hydrogens (tertiary/aromatic N) is 3. The second-order valence-electron chi connectivity index (χ2n) is 5.97. The molecule has 1 spiro atoms. The first-order valence-electron chi connectivity index (χ1n) is 7.74. The Morgan fingerprint density at radius 3 is 2.88 bits per heavy atom. The molecular formula is C16H16N4O3S. The van der Waals surface area contributed by atoms with Crippen molar-refractivity contribution in [3.8, 4) is 0 Å². The molecule has 0 unspecified atom stereocenters. The van der Waals surface area contributed by atoms with E-state index in [1.54, 1.807) is 11.8 Å². The number of rotatable bonds is 4. The Hall–Kier alpha value is -2.35. The molecule has 7 nitrogen and oxygen atoms in total. The summed E-state index contributed by atoms with van der Waals surface area (Å²) in [5, 5.41) is 6.76. The Kier molecular flexibility index (Phi) is 3.76. The molecule has 2 fully saturated rings. The smallest absolute Gasteiger partial charge is 0.325 e. The van der Waals surface area contributed by atoms with Crippen molar-refractivity contribution < 1.29 is 14.1 Å². The first-order valence-corrected chi connectivity index (χ1v) is 8.89. The van der Waals surface area contributed by atoms with Crippen LogP contribution in [0.4, 0.5) is 4.79 Å². The summed E-state index contributed by atoms with van der Waals surface area (Å²) >= 11 is 1.68. The van der Waals surface area contributed by atoms with Gasteiger partial charge in [-0.15, -0.1) is 0 Å². The third kappa shape index (κ3) is 2.66. The van der Waals surface area contributed by atoms with Crippen molar-refractivity contribution in [1.29, 1.82) is 0 Å². The lowest BCUT2D eigenvalue weighted by atomic mass is 9.99. The zero-order chi connectivity index (χ0) is 16.6. The highest BCUT2D eigenvalue weighted by Crippen LogP contribution is 2.33. The minimum Gasteiger partial charge on any atom is -0.337 e. The summed E-state index contributed by atoms with van der Waals surface area (Å²) in [5.74, 6) is 2.11. The predicted molar refractivity (Wildman–Crippen MR) is 87.3 cm³/mol. The van der Waals surface area contributed by atoms with Crippen LogP contribution in [0.5, 0.6) is 0 Å². The first kappa shape index (κ1) is 15.2. The molecule has 0 radical (unpaired) electrons. The average molecular weight is 344 g/mol. The molecule has 0 bridgehead atoms. The molecule has 1 aromatic carbocycles. The monoisotopic (exact) mass is 344 g/mol. The second kappa shape index (κ2) is 5.94. The largest absolute Gasteiger partial charge is 0.337 e. The number of carbonyl (C=O) groups is 2. The zero-order valence-corrected chi connectivity index (χ0v) is 13.7. The summed E-state index contributed by atoms with van der Waals surface area (Å²) < 4.78 is 5.21. The van der Waals surface area contributed by atoms with Crippen LogP contribution in [0.15, 0.2) is 34.9 Å². The molecule has 124 valence electrons. The van der Waals surface area contributed by atoms with E-state index >= 15 is 0 Å². The highest BCUT2D eigenvalue weighted by atomic mass is 32.2. The fourth-order valence-corrected chi connectivity index (χ4v) is 4.32. The summed E-state index contributed by atoms with van der Waals surface area (Å²) in [5.41, 5.74) is 0.330. The number of thioether (sulfide) groups is 1. The van der Waals surface area contributed by atoms with Gasteiger partial charge in [-0.05, 0) is 17.7 Å². The maximum Gasteiger partial charge on any atom is 0.325 e. The lowest BCUT2D eigenvalue weighted by molar-refractivity contribution is -0.131. The van der Waals surface area contributed by atoms with Gasteiger partial charge >= 0.3 is 6.03 Å². The van der Waals surface area contributed by atoms with E-state index in [1.807, 2.05) is 30.3 Å². The van der Waals surface area contributed by atoms with Gasteiger partial charge in [0.15, 0.2) is 5.82 Å². The van der Waals surface area contributed by atoms with Crippen molar-refractivity contribution in [2.75, 3.05) is 11.5 Å². The standard InChI is InChI=1S/C16H16N4O3S/c21-14-16(6-7-24-10-16)18-15(22)20(14)9-13-17-12(19-23-13)8-11-4-2-1-3-5-11/h1-5H,6-10H2,(H,18,22)/t16-/m1/s1. The van der Waals surface area contributed by atoms with E-state index in [4.69, 9.17) is 4.52 Å². The maximum atomic E-state index is 12.6. The van der Waals surface area contributed by atoms with Gasteiger partial charge < -0.3 is 9.84 Å². The summed E-state index contributed by atoms with van der Waals surface area (Å²) in [6.45, 7) is 0.0128. The van der Waals surface area contributed by atoms with E-state index in [2.05, 4.69) is 15.5 Å². The molecule has 3 amide bonds. The third-order valence-corrected chi connectivity index (χ3v) is 5.47. The Labute approximate surface area is 142 Å². The molecule has 8 heteroatoms. The summed E-state index contributed by atoms with van der Waals surface area (Å²) in [7, 11) is 0. The van der Waals surface area contributed by atoms with E-state index < -0.39 is 5.54 Å². The van der Waals surface area contributed by atoms with E-state index in [1.165, 1.54) is 4.90 Å². The molecule has 2 aliphatic rings. The molecule has 2 aromatic rings. The number of amides is 3. The Bertz CT molecular complexity index is 771. The van der Waals surface area contributed by atoms with E-state index in [-0.39, 0.29) is 24.4 Å². The number of hydrogen-bond donors (Lipinski definition) is 1. The van der Waals surface area contributed by atoms with Crippen LogP contribution in [0.3, 0.4) is 0 Å². The van der Waals surface area contributed by atoms with Gasteiger partial charge in [-0.2, -0.15) is 16.7 Å². The van der Waals surface area contributed by atoms with Gasteiger partial charge in [-0.3, -0.25) is 9.69 Å². The summed E-state index contributed by atoms with van der Waals surface area (Å²) in [4.78, 5) is 30.2. The Morgan fingerprint density at radius 1 is 1.29 bits per heavy atom. The predicted octanol–water partition coefficient (Wildman–Crippen LogP) is 1.59. The fraction of sp³-hybridized carbons (Fsp3) is 0.375. The first-order chi connectivity index (χ1) is 11.7. The van der Waals surface area contributed by atoms with Gasteiger partial charge in [0.05, 0.1) is 0 Å². The van der Waals surface area contributed by atoms with Crippen LogP contribution in [0.25, 0.3) is 0 Å². The highest BCUT2D eigenvalue weighted by Gasteiger charge is 2.53. The van der Waals surface area contributed by atoms with Crippen LogP contribution >= 0.6 is 11.8 Å². The topological polar surface area (TPSA) is 88.3 Å². The number of hydrogen-bond acceptors (Lipinski definition) is 6. The molecule has 2 saturated heterocycles. The molecule has 0 saturated carbocycles. The molecule has 1 atom stereocenters. The molecule has 3 heterocycles. The van der Waals surface area contributed by atoms with Gasteiger partial charge in [0, 0.05) is 12.2 Å². The van der Waals surface area contributed by atoms with Crippen molar-refractivity contribution in [2.45, 2.75) is 24.9 Å². The number of carbonyl (C=O) groups excluding carboxylic acids is 2. The quantitative estimate of drug-likeness (QED) is 0.848. The van der Waals surface area contributed by atoms with Crippen LogP contribution < -0.4 is 5.32 Å². The molecule has 1 N–H and O–H groups in total. The van der Waals surface area contributed by atoms with Crippen molar-refractivity contribution in [1.82, 2.24) is 20.4 Å². The van der Waals surface area contributed by atoms with Gasteiger partial charge in [0.25, 0.3) is 5.91 Å². The van der Waals surface area contributed by atoms with Crippen molar-refractivity contribution in [3.05, 3.63) is 47.6 Å². The minimum atomic E-state index is -0.741. The molecular weight excluding hydrogens is 328 g/mol. The normalized spacial score (nSPS) is 23.2. The Balaban J connectivity index is 1.46. The lowest BCUT2D eigenvalue weighted by Crippen LogP contribution is -2.46. The van der Waals surface area contributed by atoms with Crippen LogP contribution in [-0.4, -0.2) is 44.0 Å². The van der Waals surface area contributed by atoms with Crippen LogP contribution in [0.2, 0.25) is 0 Å². The van der Waals surface area contributed by atoms with Gasteiger partial charge in [0.1, 0.15) is 12.1 Å². The summed E-state index contributed by atoms with van der Waals surface area (Å²) in [6, 6.07) is 9.42.